The van der Waals surface area contributed by atoms with Crippen molar-refractivity contribution in [1.82, 2.24) is 14.5 Å². The summed E-state index contributed by atoms with van der Waals surface area (Å²) < 4.78 is 2.16. The van der Waals surface area contributed by atoms with Crippen LogP contribution >= 0.6 is 0 Å². The summed E-state index contributed by atoms with van der Waals surface area (Å²) >= 11 is 0. The predicted molar refractivity (Wildman–Crippen MR) is 121 cm³/mol. The highest BCUT2D eigenvalue weighted by atomic mass is 16.2. The molecule has 1 atom stereocenters. The molecule has 0 bridgehead atoms. The highest BCUT2D eigenvalue weighted by molar-refractivity contribution is 5.96. The summed E-state index contributed by atoms with van der Waals surface area (Å²) in [5, 5.41) is 2.92. The van der Waals surface area contributed by atoms with E-state index in [0.29, 0.717) is 24.5 Å². The number of pyridine rings is 1. The number of aryl methyl sites for hydroxylation is 3. The molecular formula is C25H28N4O2. The van der Waals surface area contributed by atoms with E-state index in [2.05, 4.69) is 40.8 Å². The first-order valence-corrected chi connectivity index (χ1v) is 10.7. The Kier molecular flexibility index (Phi) is 5.89. The van der Waals surface area contributed by atoms with Gasteiger partial charge in [-0.05, 0) is 81.6 Å². The van der Waals surface area contributed by atoms with Gasteiger partial charge < -0.3 is 14.8 Å². The van der Waals surface area contributed by atoms with Crippen LogP contribution in [0, 0.1) is 26.7 Å². The van der Waals surface area contributed by atoms with Crippen LogP contribution in [0.2, 0.25) is 0 Å². The van der Waals surface area contributed by atoms with Gasteiger partial charge in [0.1, 0.15) is 5.82 Å². The number of aromatic nitrogens is 2. The number of hydrogen-bond donors (Lipinski definition) is 1. The van der Waals surface area contributed by atoms with E-state index in [1.807, 2.05) is 43.3 Å². The van der Waals surface area contributed by atoms with Crippen LogP contribution in [0.5, 0.6) is 0 Å². The van der Waals surface area contributed by atoms with Crippen LogP contribution in [0.3, 0.4) is 0 Å². The van der Waals surface area contributed by atoms with Crippen LogP contribution < -0.4 is 5.32 Å². The SMILES string of the molecule is Cc1cccnc1NC(=O)C1CCCN(C(=O)c2ccc(-n3c(C)ccc3C)cc2)C1. The lowest BCUT2D eigenvalue weighted by Crippen LogP contribution is -2.43. The molecule has 1 unspecified atom stereocenters. The number of anilines is 1. The van der Waals surface area contributed by atoms with Gasteiger partial charge in [0.2, 0.25) is 5.91 Å². The first kappa shape index (κ1) is 20.8. The number of carbonyl (C=O) groups excluding carboxylic acids is 2. The number of carbonyl (C=O) groups is 2. The van der Waals surface area contributed by atoms with E-state index >= 15 is 0 Å². The molecule has 2 aromatic heterocycles. The van der Waals surface area contributed by atoms with Crippen LogP contribution in [0.4, 0.5) is 5.82 Å². The highest BCUT2D eigenvalue weighted by Crippen LogP contribution is 2.22. The van der Waals surface area contributed by atoms with Gasteiger partial charge >= 0.3 is 0 Å². The van der Waals surface area contributed by atoms with Gasteiger partial charge in [-0.3, -0.25) is 9.59 Å². The summed E-state index contributed by atoms with van der Waals surface area (Å²) in [5.74, 6) is 0.248. The van der Waals surface area contributed by atoms with E-state index in [-0.39, 0.29) is 17.7 Å². The van der Waals surface area contributed by atoms with Crippen molar-refractivity contribution in [2.24, 2.45) is 5.92 Å². The van der Waals surface area contributed by atoms with Crippen molar-refractivity contribution < 1.29 is 9.59 Å². The second-order valence-electron chi connectivity index (χ2n) is 8.25. The maximum absolute atomic E-state index is 13.1. The molecule has 31 heavy (non-hydrogen) atoms. The fourth-order valence-corrected chi connectivity index (χ4v) is 4.22. The highest BCUT2D eigenvalue weighted by Gasteiger charge is 2.29. The third-order valence-corrected chi connectivity index (χ3v) is 5.97. The molecule has 1 aliphatic rings. The van der Waals surface area contributed by atoms with Crippen LogP contribution in [0.1, 0.15) is 40.2 Å². The van der Waals surface area contributed by atoms with Crippen LogP contribution in [-0.2, 0) is 4.79 Å². The Balaban J connectivity index is 1.44. The molecule has 0 aliphatic carbocycles. The van der Waals surface area contributed by atoms with Gasteiger partial charge in [-0.1, -0.05) is 6.07 Å². The van der Waals surface area contributed by atoms with Crippen molar-refractivity contribution in [2.75, 3.05) is 18.4 Å². The summed E-state index contributed by atoms with van der Waals surface area (Å²) in [6.07, 6.45) is 3.25. The van der Waals surface area contributed by atoms with E-state index in [9.17, 15) is 9.59 Å². The standard InChI is InChI=1S/C25H28N4O2/c1-17-6-4-14-26-23(17)27-24(30)21-7-5-15-28(16-21)25(31)20-10-12-22(13-11-20)29-18(2)8-9-19(29)3/h4,6,8-14,21H,5,7,15-16H2,1-3H3,(H,26,27,30). The first-order chi connectivity index (χ1) is 14.9. The van der Waals surface area contributed by atoms with Crippen molar-refractivity contribution in [2.45, 2.75) is 33.6 Å². The molecular weight excluding hydrogens is 388 g/mol. The zero-order chi connectivity index (χ0) is 22.0. The molecule has 0 radical (unpaired) electrons. The normalized spacial score (nSPS) is 16.2. The summed E-state index contributed by atoms with van der Waals surface area (Å²) in [7, 11) is 0. The predicted octanol–water partition coefficient (Wildman–Crippen LogP) is 4.29. The van der Waals surface area contributed by atoms with Crippen LogP contribution in [0.25, 0.3) is 5.69 Å². The largest absolute Gasteiger partial charge is 0.338 e. The molecule has 1 saturated heterocycles. The molecule has 0 spiro atoms. The molecule has 1 N–H and O–H groups in total. The third-order valence-electron chi connectivity index (χ3n) is 5.97. The maximum Gasteiger partial charge on any atom is 0.253 e. The quantitative estimate of drug-likeness (QED) is 0.690. The summed E-state index contributed by atoms with van der Waals surface area (Å²) in [5.41, 5.74) is 4.92. The Morgan fingerprint density at radius 3 is 2.39 bits per heavy atom. The van der Waals surface area contributed by atoms with E-state index in [4.69, 9.17) is 0 Å². The van der Waals surface area contributed by atoms with Gasteiger partial charge in [0.25, 0.3) is 5.91 Å². The second kappa shape index (κ2) is 8.76. The molecule has 1 fully saturated rings. The average molecular weight is 417 g/mol. The molecule has 1 aliphatic heterocycles. The molecule has 2 amide bonds. The number of hydrogen-bond acceptors (Lipinski definition) is 3. The van der Waals surface area contributed by atoms with E-state index in [1.54, 1.807) is 11.1 Å². The fourth-order valence-electron chi connectivity index (χ4n) is 4.22. The number of rotatable bonds is 4. The van der Waals surface area contributed by atoms with Gasteiger partial charge in [0.05, 0.1) is 5.92 Å². The van der Waals surface area contributed by atoms with Crippen molar-refractivity contribution in [3.63, 3.8) is 0 Å². The average Bonchev–Trinajstić information content (AvgIpc) is 3.13. The van der Waals surface area contributed by atoms with Gasteiger partial charge in [-0.25, -0.2) is 4.98 Å². The van der Waals surface area contributed by atoms with Gasteiger partial charge in [-0.15, -0.1) is 0 Å². The monoisotopic (exact) mass is 416 g/mol. The maximum atomic E-state index is 13.1. The smallest absolute Gasteiger partial charge is 0.253 e. The molecule has 1 aromatic carbocycles. The summed E-state index contributed by atoms with van der Waals surface area (Å²) in [6.45, 7) is 7.14. The molecule has 6 nitrogen and oxygen atoms in total. The van der Waals surface area contributed by atoms with Gasteiger partial charge in [0.15, 0.2) is 0 Å². The Morgan fingerprint density at radius 1 is 1.00 bits per heavy atom. The molecule has 4 rings (SSSR count). The Morgan fingerprint density at radius 2 is 1.71 bits per heavy atom. The second-order valence-corrected chi connectivity index (χ2v) is 8.25. The molecule has 6 heteroatoms. The van der Waals surface area contributed by atoms with Crippen molar-refractivity contribution in [3.8, 4) is 5.69 Å². The lowest BCUT2D eigenvalue weighted by atomic mass is 9.96. The first-order valence-electron chi connectivity index (χ1n) is 10.7. The lowest BCUT2D eigenvalue weighted by molar-refractivity contribution is -0.121. The molecule has 3 heterocycles. The number of likely N-dealkylation sites (tertiary alicyclic amines) is 1. The number of amides is 2. The van der Waals surface area contributed by atoms with Crippen molar-refractivity contribution in [3.05, 3.63) is 77.2 Å². The summed E-state index contributed by atoms with van der Waals surface area (Å²) in [4.78, 5) is 31.9. The fraction of sp³-hybridized carbons (Fsp3) is 0.320. The van der Waals surface area contributed by atoms with Crippen LogP contribution in [-0.4, -0.2) is 39.4 Å². The minimum absolute atomic E-state index is 0.0287. The zero-order valence-corrected chi connectivity index (χ0v) is 18.3. The van der Waals surface area contributed by atoms with Crippen molar-refractivity contribution >= 4 is 17.6 Å². The number of nitrogens with zero attached hydrogens (tertiary/aromatic N) is 3. The lowest BCUT2D eigenvalue weighted by Gasteiger charge is -2.32. The molecule has 3 aromatic rings. The molecule has 160 valence electrons. The minimum Gasteiger partial charge on any atom is -0.338 e. The van der Waals surface area contributed by atoms with Crippen LogP contribution in [0.15, 0.2) is 54.7 Å². The van der Waals surface area contributed by atoms with Gasteiger partial charge in [-0.2, -0.15) is 0 Å². The number of benzene rings is 1. The van der Waals surface area contributed by atoms with E-state index in [1.165, 1.54) is 0 Å². The Bertz CT molecular complexity index is 1080. The van der Waals surface area contributed by atoms with Crippen molar-refractivity contribution in [1.29, 1.82) is 0 Å². The van der Waals surface area contributed by atoms with E-state index in [0.717, 1.165) is 35.5 Å². The number of piperidine rings is 1. The van der Waals surface area contributed by atoms with Gasteiger partial charge in [0, 0.05) is 41.9 Å². The Labute approximate surface area is 182 Å². The zero-order valence-electron chi connectivity index (χ0n) is 18.3. The Hall–Kier alpha value is -3.41. The van der Waals surface area contributed by atoms with E-state index < -0.39 is 0 Å². The topological polar surface area (TPSA) is 67.2 Å². The minimum atomic E-state index is -0.233. The molecule has 0 saturated carbocycles. The third kappa shape index (κ3) is 4.38. The number of nitrogens with one attached hydrogen (secondary N) is 1. The summed E-state index contributed by atoms with van der Waals surface area (Å²) in [6, 6.07) is 15.6.